The SMILES string of the molecule is CCC(=O)SCOCCCOP(N(C(C)C)C(C)C)N(C(C)C)C(C)CCC(C)N(C(C)C)P(OCCCOCSC(=O)C(C)C)N(C(C)C)C(C)CCC(C)N(C(C)C)P(OCCCOCSC(=O)C(C)(C)C)N(C(C)C)C(C)C. The van der Waals surface area contributed by atoms with Crippen LogP contribution in [0.4, 0.5) is 0 Å². The molecule has 0 aromatic heterocycles. The summed E-state index contributed by atoms with van der Waals surface area (Å²) in [6.07, 6.45) is 6.71. The molecule has 0 rings (SSSR count). The highest BCUT2D eigenvalue weighted by atomic mass is 32.2. The number of hydrogen-bond donors (Lipinski definition) is 0. The van der Waals surface area contributed by atoms with Crippen LogP contribution in [0.15, 0.2) is 0 Å². The van der Waals surface area contributed by atoms with Gasteiger partial charge in [-0.25, -0.2) is 28.0 Å². The Hall–Kier alpha value is 0.870. The van der Waals surface area contributed by atoms with E-state index in [4.69, 9.17) is 27.8 Å². The van der Waals surface area contributed by atoms with Crippen LogP contribution in [0.1, 0.15) is 231 Å². The molecule has 0 spiro atoms. The molecule has 0 saturated heterocycles. The lowest BCUT2D eigenvalue weighted by Crippen LogP contribution is -2.47. The van der Waals surface area contributed by atoms with Gasteiger partial charge in [0, 0.05) is 110 Å². The van der Waals surface area contributed by atoms with Crippen molar-refractivity contribution in [2.75, 3.05) is 57.5 Å². The zero-order valence-corrected chi connectivity index (χ0v) is 61.6. The first-order valence-electron chi connectivity index (χ1n) is 31.0. The van der Waals surface area contributed by atoms with Crippen LogP contribution in [0.3, 0.4) is 0 Å². The highest BCUT2D eigenvalue weighted by Gasteiger charge is 2.41. The third-order valence-corrected chi connectivity index (χ3v) is 25.4. The van der Waals surface area contributed by atoms with Crippen molar-refractivity contribution in [2.24, 2.45) is 11.3 Å². The van der Waals surface area contributed by atoms with Gasteiger partial charge in [0.05, 0.1) is 37.6 Å². The van der Waals surface area contributed by atoms with Gasteiger partial charge in [-0.2, -0.15) is 0 Å². The van der Waals surface area contributed by atoms with E-state index in [2.05, 4.69) is 166 Å². The molecule has 21 heteroatoms. The van der Waals surface area contributed by atoms with Crippen molar-refractivity contribution in [3.63, 3.8) is 0 Å². The fourth-order valence-electron chi connectivity index (χ4n) is 9.62. The van der Waals surface area contributed by atoms with Gasteiger partial charge in [-0.3, -0.25) is 14.4 Å². The first kappa shape index (κ1) is 81.9. The van der Waals surface area contributed by atoms with E-state index in [0.717, 1.165) is 44.9 Å². The quantitative estimate of drug-likeness (QED) is 0.0325. The third kappa shape index (κ3) is 32.3. The lowest BCUT2D eigenvalue weighted by molar-refractivity contribution is -0.117. The maximum absolute atomic E-state index is 12.5. The van der Waals surface area contributed by atoms with Crippen LogP contribution in [-0.4, -0.2) is 173 Å². The Balaban J connectivity index is 6.90. The van der Waals surface area contributed by atoms with Crippen LogP contribution < -0.4 is 0 Å². The first-order chi connectivity index (χ1) is 37.8. The van der Waals surface area contributed by atoms with E-state index >= 15 is 0 Å². The van der Waals surface area contributed by atoms with E-state index in [1.54, 1.807) is 0 Å². The van der Waals surface area contributed by atoms with E-state index < -0.39 is 25.3 Å². The largest absolute Gasteiger partial charge is 0.370 e. The lowest BCUT2D eigenvalue weighted by atomic mass is 10.00. The Morgan fingerprint density at radius 2 is 0.642 bits per heavy atom. The standard InChI is InChI=1S/C60H125N6O9P3S3/c1-27-57(67)79-41-70-35-28-38-73-76(61(45(4)5)46(6)7)63(49(12)13)53(20)31-33-55(22)65(51(16)17)78(75-40-29-36-71-42-80-58(68)44(2)3)66(52(18)19)56(23)34-32-54(21)64(50(14)15)77(62(47(8)9)48(10)11)74-39-30-37-72-43-81-59(69)60(24,25)26/h44-56H,27-43H2,1-26H3. The highest BCUT2D eigenvalue weighted by molar-refractivity contribution is 8.14. The molecule has 15 nitrogen and oxygen atoms in total. The molecular formula is C60H125N6O9P3S3. The summed E-state index contributed by atoms with van der Waals surface area (Å²) < 4.78 is 54.7. The van der Waals surface area contributed by atoms with Crippen LogP contribution in [0.2, 0.25) is 0 Å². The molecule has 7 atom stereocenters. The fourth-order valence-corrected chi connectivity index (χ4v) is 18.9. The summed E-state index contributed by atoms with van der Waals surface area (Å²) in [6, 6.07) is 3.04. The van der Waals surface area contributed by atoms with Gasteiger partial charge in [0.2, 0.25) is 0 Å². The lowest BCUT2D eigenvalue weighted by Gasteiger charge is -2.49. The molecule has 0 aromatic carbocycles. The average Bonchev–Trinajstić information content (AvgIpc) is 3.35. The minimum absolute atomic E-state index is 0.0219. The maximum atomic E-state index is 12.5. The first-order valence-corrected chi connectivity index (χ1v) is 37.4. The second-order valence-corrected chi connectivity index (χ2v) is 33.0. The molecule has 0 saturated carbocycles. The van der Waals surface area contributed by atoms with Crippen molar-refractivity contribution in [3.8, 4) is 0 Å². The van der Waals surface area contributed by atoms with E-state index in [9.17, 15) is 14.4 Å². The van der Waals surface area contributed by atoms with Crippen molar-refractivity contribution in [1.29, 1.82) is 0 Å². The van der Waals surface area contributed by atoms with Crippen molar-refractivity contribution in [3.05, 3.63) is 0 Å². The number of ether oxygens (including phenoxy) is 3. The van der Waals surface area contributed by atoms with Gasteiger partial charge in [0.15, 0.2) is 40.7 Å². The number of carbonyl (C=O) groups excluding carboxylic acids is 3. The van der Waals surface area contributed by atoms with Crippen molar-refractivity contribution in [1.82, 2.24) is 28.0 Å². The summed E-state index contributed by atoms with van der Waals surface area (Å²) in [5.74, 6) is 1.08. The molecule has 482 valence electrons. The Morgan fingerprint density at radius 1 is 0.383 bits per heavy atom. The summed E-state index contributed by atoms with van der Waals surface area (Å²) in [6.45, 7) is 61.3. The van der Waals surface area contributed by atoms with Crippen molar-refractivity contribution >= 4 is 76.0 Å². The minimum Gasteiger partial charge on any atom is -0.370 e. The minimum atomic E-state index is -1.23. The Labute approximate surface area is 515 Å². The Bertz CT molecular complexity index is 1640. The predicted octanol–water partition coefficient (Wildman–Crippen LogP) is 16.9. The van der Waals surface area contributed by atoms with Crippen LogP contribution in [0.5, 0.6) is 0 Å². The number of rotatable bonds is 47. The molecule has 0 aliphatic heterocycles. The van der Waals surface area contributed by atoms with Crippen molar-refractivity contribution < 1.29 is 42.2 Å². The number of hydrogen-bond acceptors (Lipinski definition) is 18. The number of carbonyl (C=O) groups is 3. The Morgan fingerprint density at radius 3 is 0.889 bits per heavy atom. The Kier molecular flexibility index (Phi) is 44.8. The summed E-state index contributed by atoms with van der Waals surface area (Å²) in [5, 5.41) is 0.446. The van der Waals surface area contributed by atoms with Gasteiger partial charge in [-0.1, -0.05) is 76.8 Å². The molecular weight excluding hydrogens is 1140 g/mol. The molecule has 0 aromatic rings. The van der Waals surface area contributed by atoms with Gasteiger partial charge in [-0.15, -0.1) is 0 Å². The zero-order chi connectivity index (χ0) is 62.3. The van der Waals surface area contributed by atoms with Crippen LogP contribution in [-0.2, 0) is 42.2 Å². The summed E-state index contributed by atoms with van der Waals surface area (Å²) in [5.41, 5.74) is -0.389. The van der Waals surface area contributed by atoms with Gasteiger partial charge < -0.3 is 27.8 Å². The number of nitrogens with zero attached hydrogens (tertiary/aromatic N) is 6. The molecule has 81 heavy (non-hydrogen) atoms. The summed E-state index contributed by atoms with van der Waals surface area (Å²) >= 11 is 3.75. The molecule has 0 aliphatic rings. The molecule has 0 N–H and O–H groups in total. The van der Waals surface area contributed by atoms with E-state index in [0.29, 0.717) is 88.0 Å². The van der Waals surface area contributed by atoms with Crippen LogP contribution in [0, 0.1) is 11.3 Å². The third-order valence-electron chi connectivity index (χ3n) is 13.4. The molecule has 0 radical (unpaired) electrons. The van der Waals surface area contributed by atoms with Crippen LogP contribution in [0.25, 0.3) is 0 Å². The monoisotopic (exact) mass is 1260 g/mol. The predicted molar refractivity (Wildman–Crippen MR) is 356 cm³/mol. The van der Waals surface area contributed by atoms with Gasteiger partial charge >= 0.3 is 0 Å². The second-order valence-electron chi connectivity index (χ2n) is 25.1. The molecule has 0 fully saturated rings. The van der Waals surface area contributed by atoms with E-state index in [1.165, 1.54) is 35.3 Å². The highest BCUT2D eigenvalue weighted by Crippen LogP contribution is 2.55. The smallest absolute Gasteiger partial charge is 0.196 e. The zero-order valence-electron chi connectivity index (χ0n) is 56.5. The van der Waals surface area contributed by atoms with Gasteiger partial charge in [-0.05, 0) is 183 Å². The van der Waals surface area contributed by atoms with Gasteiger partial charge in [0.1, 0.15) is 0 Å². The summed E-state index contributed by atoms with van der Waals surface area (Å²) in [7, 11) is -3.44. The normalized spacial score (nSPS) is 15.8. The molecule has 0 amide bonds. The van der Waals surface area contributed by atoms with Gasteiger partial charge in [0.25, 0.3) is 0 Å². The van der Waals surface area contributed by atoms with E-state index in [1.807, 2.05) is 41.5 Å². The van der Waals surface area contributed by atoms with Crippen LogP contribution >= 0.6 is 60.6 Å². The molecule has 0 heterocycles. The maximum Gasteiger partial charge on any atom is 0.196 e. The molecule has 7 unspecified atom stereocenters. The number of thioether (sulfide) groups is 3. The molecule has 0 bridgehead atoms. The van der Waals surface area contributed by atoms with E-state index in [-0.39, 0.29) is 75.0 Å². The second kappa shape index (κ2) is 44.3. The van der Waals surface area contributed by atoms with Crippen molar-refractivity contribution in [2.45, 2.75) is 304 Å². The average molecular weight is 1260 g/mol. The fraction of sp³-hybridized carbons (Fsp3) is 0.950. The summed E-state index contributed by atoms with van der Waals surface area (Å²) in [4.78, 5) is 36.6. The molecule has 0 aliphatic carbocycles. The topological polar surface area (TPSA) is 126 Å².